The number of carbonyl (C=O) groups excluding carboxylic acids is 1. The molecule has 3 nitrogen and oxygen atoms in total. The molecule has 4 heteroatoms. The number of hydrogen-bond donors (Lipinski definition) is 1. The molecule has 112 valence electrons. The lowest BCUT2D eigenvalue weighted by Gasteiger charge is -2.27. The molecule has 0 fully saturated rings. The van der Waals surface area contributed by atoms with E-state index < -0.39 is 0 Å². The van der Waals surface area contributed by atoms with Crippen LogP contribution in [0.25, 0.3) is 10.9 Å². The molecular formula is C18H18N2OS. The first-order chi connectivity index (χ1) is 10.7. The third-order valence-electron chi connectivity index (χ3n) is 4.39. The summed E-state index contributed by atoms with van der Waals surface area (Å²) in [6.07, 6.45) is 1.44. The summed E-state index contributed by atoms with van der Waals surface area (Å²) in [5, 5.41) is 3.29. The molecule has 4 rings (SSSR count). The average Bonchev–Trinajstić information content (AvgIpc) is 3.14. The Balaban J connectivity index is 1.61. The van der Waals surface area contributed by atoms with Gasteiger partial charge in [-0.25, -0.2) is 0 Å². The fourth-order valence-electron chi connectivity index (χ4n) is 3.21. The minimum Gasteiger partial charge on any atom is -0.358 e. The van der Waals surface area contributed by atoms with Gasteiger partial charge in [0.05, 0.1) is 6.42 Å². The van der Waals surface area contributed by atoms with Crippen LogP contribution in [0.15, 0.2) is 35.7 Å². The zero-order valence-electron chi connectivity index (χ0n) is 12.6. The Morgan fingerprint density at radius 1 is 1.36 bits per heavy atom. The van der Waals surface area contributed by atoms with Crippen LogP contribution < -0.4 is 0 Å². The molecule has 0 bridgehead atoms. The Bertz CT molecular complexity index is 832. The van der Waals surface area contributed by atoms with E-state index in [0.717, 1.165) is 24.4 Å². The van der Waals surface area contributed by atoms with E-state index in [1.165, 1.54) is 27.7 Å². The molecule has 22 heavy (non-hydrogen) atoms. The highest BCUT2D eigenvalue weighted by molar-refractivity contribution is 7.10. The molecule has 0 unspecified atom stereocenters. The number of aromatic nitrogens is 1. The highest BCUT2D eigenvalue weighted by Gasteiger charge is 2.24. The summed E-state index contributed by atoms with van der Waals surface area (Å²) < 4.78 is 0. The highest BCUT2D eigenvalue weighted by Crippen LogP contribution is 2.28. The Labute approximate surface area is 133 Å². The van der Waals surface area contributed by atoms with Crippen molar-refractivity contribution in [2.45, 2.75) is 26.3 Å². The number of thiophene rings is 1. The van der Waals surface area contributed by atoms with E-state index in [1.54, 1.807) is 11.3 Å². The standard InChI is InChI=1S/C18H18N2OS/c1-12-4-5-16-14(9-12)15-11-20(7-6-17(15)19-16)18(21)10-13-3-2-8-22-13/h2-5,8-9,19H,6-7,10-11H2,1H3. The monoisotopic (exact) mass is 310 g/mol. The van der Waals surface area contributed by atoms with Crippen LogP contribution in [0.4, 0.5) is 0 Å². The summed E-state index contributed by atoms with van der Waals surface area (Å²) in [5.74, 6) is 0.232. The molecule has 0 atom stereocenters. The van der Waals surface area contributed by atoms with Crippen LogP contribution in [0, 0.1) is 6.92 Å². The number of nitrogens with zero attached hydrogens (tertiary/aromatic N) is 1. The average molecular weight is 310 g/mol. The normalized spacial score (nSPS) is 14.3. The maximum Gasteiger partial charge on any atom is 0.228 e. The molecule has 0 saturated heterocycles. The van der Waals surface area contributed by atoms with E-state index in [0.29, 0.717) is 6.42 Å². The first-order valence-electron chi connectivity index (χ1n) is 7.61. The van der Waals surface area contributed by atoms with E-state index in [2.05, 4.69) is 30.1 Å². The van der Waals surface area contributed by atoms with Gasteiger partial charge in [0.2, 0.25) is 5.91 Å². The minimum absolute atomic E-state index is 0.232. The number of benzene rings is 1. The van der Waals surface area contributed by atoms with Gasteiger partial charge >= 0.3 is 0 Å². The molecule has 0 spiro atoms. The van der Waals surface area contributed by atoms with Crippen molar-refractivity contribution in [3.8, 4) is 0 Å². The summed E-state index contributed by atoms with van der Waals surface area (Å²) >= 11 is 1.65. The van der Waals surface area contributed by atoms with Crippen molar-refractivity contribution in [1.29, 1.82) is 0 Å². The Morgan fingerprint density at radius 2 is 2.27 bits per heavy atom. The van der Waals surface area contributed by atoms with Crippen molar-refractivity contribution in [1.82, 2.24) is 9.88 Å². The van der Waals surface area contributed by atoms with Gasteiger partial charge in [0.1, 0.15) is 0 Å². The van der Waals surface area contributed by atoms with Crippen molar-refractivity contribution >= 4 is 28.1 Å². The Kier molecular flexibility index (Phi) is 3.26. The van der Waals surface area contributed by atoms with E-state index in [1.807, 2.05) is 22.4 Å². The Hall–Kier alpha value is -2.07. The van der Waals surface area contributed by atoms with E-state index >= 15 is 0 Å². The molecule has 0 saturated carbocycles. The maximum absolute atomic E-state index is 12.5. The van der Waals surface area contributed by atoms with Crippen LogP contribution in [-0.4, -0.2) is 22.3 Å². The minimum atomic E-state index is 0.232. The zero-order valence-corrected chi connectivity index (χ0v) is 13.4. The van der Waals surface area contributed by atoms with Crippen molar-refractivity contribution < 1.29 is 4.79 Å². The van der Waals surface area contributed by atoms with Crippen LogP contribution in [-0.2, 0) is 24.2 Å². The van der Waals surface area contributed by atoms with Gasteiger partial charge in [0, 0.05) is 46.5 Å². The van der Waals surface area contributed by atoms with Crippen LogP contribution >= 0.6 is 11.3 Å². The largest absolute Gasteiger partial charge is 0.358 e. The molecule has 1 N–H and O–H groups in total. The van der Waals surface area contributed by atoms with Gasteiger partial charge in [-0.2, -0.15) is 0 Å². The molecule has 2 aromatic heterocycles. The van der Waals surface area contributed by atoms with E-state index in [4.69, 9.17) is 0 Å². The van der Waals surface area contributed by atoms with Gasteiger partial charge in [-0.3, -0.25) is 4.79 Å². The first kappa shape index (κ1) is 13.6. The van der Waals surface area contributed by atoms with Crippen molar-refractivity contribution in [2.24, 2.45) is 0 Å². The van der Waals surface area contributed by atoms with Gasteiger partial charge in [0.25, 0.3) is 0 Å². The second-order valence-corrected chi connectivity index (χ2v) is 6.98. The number of hydrogen-bond acceptors (Lipinski definition) is 2. The molecule has 1 amide bonds. The summed E-state index contributed by atoms with van der Waals surface area (Å²) in [7, 11) is 0. The second kappa shape index (κ2) is 5.29. The van der Waals surface area contributed by atoms with E-state index in [9.17, 15) is 4.79 Å². The van der Waals surface area contributed by atoms with Gasteiger partial charge < -0.3 is 9.88 Å². The van der Waals surface area contributed by atoms with Gasteiger partial charge in [-0.1, -0.05) is 17.7 Å². The lowest BCUT2D eigenvalue weighted by Crippen LogP contribution is -2.36. The second-order valence-electron chi connectivity index (χ2n) is 5.95. The van der Waals surface area contributed by atoms with Crippen molar-refractivity contribution in [3.63, 3.8) is 0 Å². The zero-order chi connectivity index (χ0) is 15.1. The Morgan fingerprint density at radius 3 is 3.09 bits per heavy atom. The summed E-state index contributed by atoms with van der Waals surface area (Å²) in [6.45, 7) is 3.65. The number of fused-ring (bicyclic) bond motifs is 3. The highest BCUT2D eigenvalue weighted by atomic mass is 32.1. The molecule has 0 aliphatic carbocycles. The molecule has 0 radical (unpaired) electrons. The molecular weight excluding hydrogens is 292 g/mol. The predicted octanol–water partition coefficient (Wildman–Crippen LogP) is 3.67. The van der Waals surface area contributed by atoms with Crippen molar-refractivity contribution in [2.75, 3.05) is 6.54 Å². The van der Waals surface area contributed by atoms with Gasteiger partial charge in [-0.15, -0.1) is 11.3 Å². The lowest BCUT2D eigenvalue weighted by molar-refractivity contribution is -0.131. The quantitative estimate of drug-likeness (QED) is 0.770. The number of carbonyl (C=O) groups is 1. The summed E-state index contributed by atoms with van der Waals surface area (Å²) in [6, 6.07) is 10.5. The number of amides is 1. The van der Waals surface area contributed by atoms with Gasteiger partial charge in [0.15, 0.2) is 0 Å². The van der Waals surface area contributed by atoms with Crippen molar-refractivity contribution in [3.05, 3.63) is 57.4 Å². The SMILES string of the molecule is Cc1ccc2[nH]c3c(c2c1)CN(C(=O)Cc1cccs1)CC3. The first-order valence-corrected chi connectivity index (χ1v) is 8.49. The van der Waals surface area contributed by atoms with Crippen LogP contribution in [0.1, 0.15) is 21.7 Å². The van der Waals surface area contributed by atoms with E-state index in [-0.39, 0.29) is 5.91 Å². The third-order valence-corrected chi connectivity index (χ3v) is 5.27. The molecule has 1 aromatic carbocycles. The number of aryl methyl sites for hydroxylation is 1. The molecule has 3 heterocycles. The van der Waals surface area contributed by atoms with Gasteiger partial charge in [-0.05, 0) is 30.5 Å². The number of H-pyrrole nitrogens is 1. The third kappa shape index (κ3) is 2.33. The summed E-state index contributed by atoms with van der Waals surface area (Å²) in [5.41, 5.74) is 5.03. The number of aromatic amines is 1. The molecule has 1 aliphatic rings. The van der Waals surface area contributed by atoms with Crippen LogP contribution in [0.5, 0.6) is 0 Å². The fourth-order valence-corrected chi connectivity index (χ4v) is 3.91. The van der Waals surface area contributed by atoms with Crippen LogP contribution in [0.2, 0.25) is 0 Å². The van der Waals surface area contributed by atoms with Crippen LogP contribution in [0.3, 0.4) is 0 Å². The lowest BCUT2D eigenvalue weighted by atomic mass is 10.0. The fraction of sp³-hybridized carbons (Fsp3) is 0.278. The topological polar surface area (TPSA) is 36.1 Å². The molecule has 3 aromatic rings. The number of nitrogens with one attached hydrogen (secondary N) is 1. The number of rotatable bonds is 2. The summed E-state index contributed by atoms with van der Waals surface area (Å²) in [4.78, 5) is 19.2. The predicted molar refractivity (Wildman–Crippen MR) is 90.2 cm³/mol. The molecule has 1 aliphatic heterocycles. The smallest absolute Gasteiger partial charge is 0.228 e. The maximum atomic E-state index is 12.5.